The number of morpholine rings is 1. The minimum absolute atomic E-state index is 0.00447. The number of rotatable bonds is 3. The Kier molecular flexibility index (Phi) is 4.43. The van der Waals surface area contributed by atoms with Crippen molar-refractivity contribution in [2.24, 2.45) is 5.92 Å². The maximum atomic E-state index is 12.4. The summed E-state index contributed by atoms with van der Waals surface area (Å²) in [5, 5.41) is 0. The number of amides is 2. The summed E-state index contributed by atoms with van der Waals surface area (Å²) in [6, 6.07) is 3.54. The first-order valence-corrected chi connectivity index (χ1v) is 8.84. The van der Waals surface area contributed by atoms with Crippen molar-refractivity contribution in [3.8, 4) is 0 Å². The van der Waals surface area contributed by atoms with Gasteiger partial charge in [0.1, 0.15) is 5.60 Å². The normalized spacial score (nSPS) is 25.0. The number of pyridine rings is 1. The van der Waals surface area contributed by atoms with E-state index in [4.69, 9.17) is 9.47 Å². The quantitative estimate of drug-likeness (QED) is 0.801. The molecule has 4 rings (SSSR count). The van der Waals surface area contributed by atoms with Gasteiger partial charge in [-0.25, -0.2) is 0 Å². The summed E-state index contributed by atoms with van der Waals surface area (Å²) in [4.78, 5) is 32.4. The molecule has 2 amide bonds. The van der Waals surface area contributed by atoms with Crippen molar-refractivity contribution in [3.05, 3.63) is 30.1 Å². The average Bonchev–Trinajstić information content (AvgIpc) is 3.05. The van der Waals surface area contributed by atoms with E-state index in [0.29, 0.717) is 58.0 Å². The molecular formula is C18H23N3O4. The number of hydrogen-bond donors (Lipinski definition) is 0. The zero-order valence-electron chi connectivity index (χ0n) is 14.2. The van der Waals surface area contributed by atoms with Crippen LogP contribution in [-0.4, -0.2) is 78.2 Å². The highest BCUT2D eigenvalue weighted by molar-refractivity contribution is 5.94. The molecule has 3 fully saturated rings. The van der Waals surface area contributed by atoms with E-state index in [1.54, 1.807) is 29.4 Å². The van der Waals surface area contributed by atoms with E-state index in [1.807, 2.05) is 4.90 Å². The molecule has 1 aromatic rings. The Morgan fingerprint density at radius 2 is 2.04 bits per heavy atom. The summed E-state index contributed by atoms with van der Waals surface area (Å²) in [6.45, 7) is 4.43. The lowest BCUT2D eigenvalue weighted by Crippen LogP contribution is -2.63. The molecule has 0 bridgehead atoms. The Labute approximate surface area is 146 Å². The van der Waals surface area contributed by atoms with Crippen molar-refractivity contribution in [1.82, 2.24) is 14.8 Å². The number of hydrogen-bond acceptors (Lipinski definition) is 5. The van der Waals surface area contributed by atoms with Crippen LogP contribution in [0.25, 0.3) is 0 Å². The van der Waals surface area contributed by atoms with Gasteiger partial charge in [-0.1, -0.05) is 0 Å². The number of nitrogens with zero attached hydrogens (tertiary/aromatic N) is 3. The second-order valence-corrected chi connectivity index (χ2v) is 7.16. The van der Waals surface area contributed by atoms with Gasteiger partial charge in [0, 0.05) is 31.9 Å². The van der Waals surface area contributed by atoms with E-state index in [2.05, 4.69) is 4.98 Å². The second-order valence-electron chi connectivity index (χ2n) is 7.16. The molecule has 4 heterocycles. The highest BCUT2D eigenvalue weighted by Gasteiger charge is 2.51. The molecule has 3 saturated heterocycles. The van der Waals surface area contributed by atoms with Gasteiger partial charge in [0.25, 0.3) is 5.91 Å². The lowest BCUT2D eigenvalue weighted by atomic mass is 9.85. The molecule has 3 aliphatic rings. The number of ether oxygens (including phenoxy) is 2. The predicted molar refractivity (Wildman–Crippen MR) is 88.9 cm³/mol. The van der Waals surface area contributed by atoms with Gasteiger partial charge < -0.3 is 19.3 Å². The standard InChI is InChI=1S/C18H23N3O4/c22-16(20-4-6-24-7-5-20)8-14-9-18(25-11-14)12-21(13-18)17(23)15-2-1-3-19-10-15/h1-3,10,14H,4-9,11-13H2. The van der Waals surface area contributed by atoms with Gasteiger partial charge in [0.05, 0.1) is 38.5 Å². The van der Waals surface area contributed by atoms with E-state index >= 15 is 0 Å². The molecule has 1 spiro atoms. The molecule has 25 heavy (non-hydrogen) atoms. The van der Waals surface area contributed by atoms with Crippen molar-refractivity contribution in [2.45, 2.75) is 18.4 Å². The zero-order valence-corrected chi connectivity index (χ0v) is 14.2. The third-order valence-electron chi connectivity index (χ3n) is 5.27. The minimum Gasteiger partial charge on any atom is -0.378 e. The SMILES string of the molecule is O=C(CC1COC2(C1)CN(C(=O)c1cccnc1)C2)N1CCOCC1. The number of carbonyl (C=O) groups is 2. The van der Waals surface area contributed by atoms with E-state index in [1.165, 1.54) is 0 Å². The topological polar surface area (TPSA) is 72.0 Å². The Balaban J connectivity index is 1.27. The summed E-state index contributed by atoms with van der Waals surface area (Å²) >= 11 is 0. The third-order valence-corrected chi connectivity index (χ3v) is 5.27. The van der Waals surface area contributed by atoms with Crippen molar-refractivity contribution < 1.29 is 19.1 Å². The smallest absolute Gasteiger partial charge is 0.255 e. The van der Waals surface area contributed by atoms with E-state index in [9.17, 15) is 9.59 Å². The molecule has 7 heteroatoms. The summed E-state index contributed by atoms with van der Waals surface area (Å²) in [7, 11) is 0. The van der Waals surface area contributed by atoms with Gasteiger partial charge in [-0.15, -0.1) is 0 Å². The number of likely N-dealkylation sites (tertiary alicyclic amines) is 1. The van der Waals surface area contributed by atoms with E-state index < -0.39 is 0 Å². The fraction of sp³-hybridized carbons (Fsp3) is 0.611. The maximum absolute atomic E-state index is 12.4. The van der Waals surface area contributed by atoms with Crippen LogP contribution in [0, 0.1) is 5.92 Å². The molecule has 0 radical (unpaired) electrons. The molecule has 7 nitrogen and oxygen atoms in total. The van der Waals surface area contributed by atoms with Crippen LogP contribution >= 0.6 is 0 Å². The summed E-state index contributed by atoms with van der Waals surface area (Å²) < 4.78 is 11.3. The van der Waals surface area contributed by atoms with E-state index in [0.717, 1.165) is 6.42 Å². The lowest BCUT2D eigenvalue weighted by Gasteiger charge is -2.47. The molecule has 134 valence electrons. The first-order valence-electron chi connectivity index (χ1n) is 8.84. The van der Waals surface area contributed by atoms with Gasteiger partial charge in [-0.3, -0.25) is 14.6 Å². The van der Waals surface area contributed by atoms with Crippen LogP contribution in [0.3, 0.4) is 0 Å². The van der Waals surface area contributed by atoms with Crippen LogP contribution in [0.15, 0.2) is 24.5 Å². The van der Waals surface area contributed by atoms with Crippen LogP contribution < -0.4 is 0 Å². The zero-order chi connectivity index (χ0) is 17.3. The number of carbonyl (C=O) groups excluding carboxylic acids is 2. The van der Waals surface area contributed by atoms with Gasteiger partial charge in [0.2, 0.25) is 5.91 Å². The van der Waals surface area contributed by atoms with Gasteiger partial charge in [-0.2, -0.15) is 0 Å². The summed E-state index contributed by atoms with van der Waals surface area (Å²) in [5.41, 5.74) is 0.350. The van der Waals surface area contributed by atoms with Gasteiger partial charge >= 0.3 is 0 Å². The Bertz CT molecular complexity index is 639. The predicted octanol–water partition coefficient (Wildman–Crippen LogP) is 0.562. The first kappa shape index (κ1) is 16.5. The number of aromatic nitrogens is 1. The molecule has 0 N–H and O–H groups in total. The Hall–Kier alpha value is -1.99. The minimum atomic E-state index is -0.256. The van der Waals surface area contributed by atoms with E-state index in [-0.39, 0.29) is 23.3 Å². The molecule has 0 aromatic carbocycles. The highest BCUT2D eigenvalue weighted by atomic mass is 16.5. The van der Waals surface area contributed by atoms with Gasteiger partial charge in [-0.05, 0) is 24.5 Å². The Morgan fingerprint density at radius 3 is 2.76 bits per heavy atom. The third kappa shape index (κ3) is 3.39. The first-order chi connectivity index (χ1) is 12.2. The second kappa shape index (κ2) is 6.72. The van der Waals surface area contributed by atoms with Gasteiger partial charge in [0.15, 0.2) is 0 Å². The van der Waals surface area contributed by atoms with Crippen molar-refractivity contribution in [3.63, 3.8) is 0 Å². The maximum Gasteiger partial charge on any atom is 0.255 e. The fourth-order valence-electron chi connectivity index (χ4n) is 3.94. The van der Waals surface area contributed by atoms with Crippen LogP contribution in [0.1, 0.15) is 23.2 Å². The molecule has 0 aliphatic carbocycles. The van der Waals surface area contributed by atoms with Crippen LogP contribution in [0.4, 0.5) is 0 Å². The molecule has 1 aromatic heterocycles. The summed E-state index contributed by atoms with van der Waals surface area (Å²) in [5.74, 6) is 0.428. The van der Waals surface area contributed by atoms with Crippen molar-refractivity contribution in [1.29, 1.82) is 0 Å². The average molecular weight is 345 g/mol. The van der Waals surface area contributed by atoms with Crippen molar-refractivity contribution in [2.75, 3.05) is 46.0 Å². The van der Waals surface area contributed by atoms with Crippen LogP contribution in [0.5, 0.6) is 0 Å². The van der Waals surface area contributed by atoms with Crippen molar-refractivity contribution >= 4 is 11.8 Å². The molecule has 1 unspecified atom stereocenters. The molecular weight excluding hydrogens is 322 g/mol. The largest absolute Gasteiger partial charge is 0.378 e. The highest BCUT2D eigenvalue weighted by Crippen LogP contribution is 2.39. The molecule has 0 saturated carbocycles. The molecule has 3 aliphatic heterocycles. The van der Waals surface area contributed by atoms with Crippen LogP contribution in [0.2, 0.25) is 0 Å². The van der Waals surface area contributed by atoms with Crippen LogP contribution in [-0.2, 0) is 14.3 Å². The monoisotopic (exact) mass is 345 g/mol. The Morgan fingerprint density at radius 1 is 1.24 bits per heavy atom. The fourth-order valence-corrected chi connectivity index (χ4v) is 3.94. The lowest BCUT2D eigenvalue weighted by molar-refractivity contribution is -0.136. The molecule has 1 atom stereocenters. The summed E-state index contributed by atoms with van der Waals surface area (Å²) in [6.07, 6.45) is 4.62.